The molecular weight excluding hydrogens is 312 g/mol. The van der Waals surface area contributed by atoms with E-state index in [0.717, 1.165) is 35.9 Å². The number of anilines is 3. The lowest BCUT2D eigenvalue weighted by molar-refractivity contribution is 0.410. The van der Waals surface area contributed by atoms with Crippen LogP contribution in [-0.2, 0) is 6.42 Å². The van der Waals surface area contributed by atoms with Gasteiger partial charge in [-0.05, 0) is 37.1 Å². The molecule has 5 heteroatoms. The first-order valence-electron chi connectivity index (χ1n) is 8.28. The van der Waals surface area contributed by atoms with E-state index in [4.69, 9.17) is 4.74 Å². The van der Waals surface area contributed by atoms with Crippen molar-refractivity contribution in [1.29, 1.82) is 0 Å². The Labute approximate surface area is 148 Å². The minimum Gasteiger partial charge on any atom is -0.496 e. The fraction of sp³-hybridized carbons (Fsp3) is 0.200. The van der Waals surface area contributed by atoms with Crippen molar-refractivity contribution in [2.45, 2.75) is 13.3 Å². The molecule has 0 aliphatic heterocycles. The Bertz CT molecular complexity index is 821. The van der Waals surface area contributed by atoms with E-state index in [1.807, 2.05) is 61.5 Å². The van der Waals surface area contributed by atoms with Crippen LogP contribution >= 0.6 is 0 Å². The molecule has 0 saturated heterocycles. The van der Waals surface area contributed by atoms with Crippen molar-refractivity contribution in [3.05, 3.63) is 71.9 Å². The Morgan fingerprint density at radius 1 is 0.960 bits per heavy atom. The van der Waals surface area contributed by atoms with E-state index in [1.54, 1.807) is 7.11 Å². The summed E-state index contributed by atoms with van der Waals surface area (Å²) in [6, 6.07) is 19.9. The van der Waals surface area contributed by atoms with E-state index in [9.17, 15) is 0 Å². The first kappa shape index (κ1) is 16.8. The van der Waals surface area contributed by atoms with E-state index >= 15 is 0 Å². The highest BCUT2D eigenvalue weighted by atomic mass is 16.5. The summed E-state index contributed by atoms with van der Waals surface area (Å²) >= 11 is 0. The fourth-order valence-electron chi connectivity index (χ4n) is 2.60. The van der Waals surface area contributed by atoms with Crippen LogP contribution in [0, 0.1) is 6.92 Å². The smallest absolute Gasteiger partial charge is 0.229 e. The molecule has 0 saturated carbocycles. The Morgan fingerprint density at radius 2 is 1.72 bits per heavy atom. The summed E-state index contributed by atoms with van der Waals surface area (Å²) in [7, 11) is 1.70. The van der Waals surface area contributed by atoms with Crippen LogP contribution in [0.4, 0.5) is 17.5 Å². The topological polar surface area (TPSA) is 59.1 Å². The van der Waals surface area contributed by atoms with Crippen LogP contribution in [0.3, 0.4) is 0 Å². The van der Waals surface area contributed by atoms with Crippen molar-refractivity contribution in [2.75, 3.05) is 24.3 Å². The third-order valence-corrected chi connectivity index (χ3v) is 3.78. The molecule has 5 nitrogen and oxygen atoms in total. The zero-order chi connectivity index (χ0) is 17.5. The molecule has 128 valence electrons. The lowest BCUT2D eigenvalue weighted by Crippen LogP contribution is -2.09. The van der Waals surface area contributed by atoms with Crippen molar-refractivity contribution in [2.24, 2.45) is 0 Å². The Balaban J connectivity index is 1.64. The molecule has 0 atom stereocenters. The van der Waals surface area contributed by atoms with Gasteiger partial charge in [0.15, 0.2) is 0 Å². The number of aromatic nitrogens is 2. The number of hydrogen-bond donors (Lipinski definition) is 2. The van der Waals surface area contributed by atoms with Gasteiger partial charge >= 0.3 is 0 Å². The summed E-state index contributed by atoms with van der Waals surface area (Å²) in [5.74, 6) is 2.31. The van der Waals surface area contributed by atoms with E-state index in [0.29, 0.717) is 5.95 Å². The molecule has 0 radical (unpaired) electrons. The number of nitrogens with one attached hydrogen (secondary N) is 2. The molecule has 0 aliphatic rings. The van der Waals surface area contributed by atoms with Crippen LogP contribution in [0.25, 0.3) is 0 Å². The Kier molecular flexibility index (Phi) is 5.46. The second kappa shape index (κ2) is 8.15. The average molecular weight is 334 g/mol. The van der Waals surface area contributed by atoms with E-state index in [2.05, 4.69) is 26.7 Å². The molecule has 0 fully saturated rings. The average Bonchev–Trinajstić information content (AvgIpc) is 2.62. The van der Waals surface area contributed by atoms with E-state index in [-0.39, 0.29) is 0 Å². The molecule has 3 aromatic rings. The molecule has 2 aromatic carbocycles. The summed E-state index contributed by atoms with van der Waals surface area (Å²) in [6.45, 7) is 2.73. The standard InChI is InChI=1S/C20H22N4O/c1-15-14-19(21-13-12-16-8-6-7-11-18(16)25-2)24-20(22-15)23-17-9-4-3-5-10-17/h3-11,14H,12-13H2,1-2H3,(H2,21,22,23,24). The first-order valence-corrected chi connectivity index (χ1v) is 8.28. The molecule has 0 bridgehead atoms. The summed E-state index contributed by atoms with van der Waals surface area (Å²) in [4.78, 5) is 8.98. The summed E-state index contributed by atoms with van der Waals surface area (Å²) < 4.78 is 5.39. The highest BCUT2D eigenvalue weighted by Crippen LogP contribution is 2.19. The summed E-state index contributed by atoms with van der Waals surface area (Å²) in [5.41, 5.74) is 3.05. The molecule has 1 aromatic heterocycles. The Hall–Kier alpha value is -3.08. The van der Waals surface area contributed by atoms with Gasteiger partial charge in [0.25, 0.3) is 0 Å². The number of benzene rings is 2. The van der Waals surface area contributed by atoms with Crippen LogP contribution in [0.15, 0.2) is 60.7 Å². The number of methoxy groups -OCH3 is 1. The van der Waals surface area contributed by atoms with Gasteiger partial charge in [-0.25, -0.2) is 4.98 Å². The number of aryl methyl sites for hydroxylation is 1. The molecule has 0 spiro atoms. The van der Waals surface area contributed by atoms with Crippen molar-refractivity contribution >= 4 is 17.5 Å². The third-order valence-electron chi connectivity index (χ3n) is 3.78. The lowest BCUT2D eigenvalue weighted by atomic mass is 10.1. The number of ether oxygens (including phenoxy) is 1. The second-order valence-corrected chi connectivity index (χ2v) is 5.70. The third kappa shape index (κ3) is 4.70. The molecular formula is C20H22N4O. The van der Waals surface area contributed by atoms with Crippen LogP contribution in [0.5, 0.6) is 5.75 Å². The van der Waals surface area contributed by atoms with Crippen molar-refractivity contribution in [1.82, 2.24) is 9.97 Å². The van der Waals surface area contributed by atoms with E-state index in [1.165, 1.54) is 5.56 Å². The van der Waals surface area contributed by atoms with Gasteiger partial charge in [0.05, 0.1) is 7.11 Å². The van der Waals surface area contributed by atoms with Gasteiger partial charge in [-0.3, -0.25) is 0 Å². The van der Waals surface area contributed by atoms with Crippen molar-refractivity contribution < 1.29 is 4.74 Å². The number of para-hydroxylation sites is 2. The number of hydrogen-bond acceptors (Lipinski definition) is 5. The van der Waals surface area contributed by atoms with Crippen LogP contribution < -0.4 is 15.4 Å². The second-order valence-electron chi connectivity index (χ2n) is 5.70. The summed E-state index contributed by atoms with van der Waals surface area (Å²) in [6.07, 6.45) is 0.856. The maximum absolute atomic E-state index is 5.39. The SMILES string of the molecule is COc1ccccc1CCNc1cc(C)nc(Nc2ccccc2)n1. The predicted octanol–water partition coefficient (Wildman–Crippen LogP) is 4.19. The molecule has 0 aliphatic carbocycles. The maximum Gasteiger partial charge on any atom is 0.229 e. The molecule has 0 unspecified atom stereocenters. The number of rotatable bonds is 7. The van der Waals surface area contributed by atoms with Gasteiger partial charge in [0, 0.05) is 24.0 Å². The van der Waals surface area contributed by atoms with Crippen LogP contribution in [0.1, 0.15) is 11.3 Å². The minimum atomic E-state index is 0.589. The van der Waals surface area contributed by atoms with Gasteiger partial charge in [-0.1, -0.05) is 36.4 Å². The van der Waals surface area contributed by atoms with E-state index < -0.39 is 0 Å². The normalized spacial score (nSPS) is 10.3. The minimum absolute atomic E-state index is 0.589. The van der Waals surface area contributed by atoms with Gasteiger partial charge < -0.3 is 15.4 Å². The highest BCUT2D eigenvalue weighted by Gasteiger charge is 2.04. The summed E-state index contributed by atoms with van der Waals surface area (Å²) in [5, 5.41) is 6.59. The zero-order valence-corrected chi connectivity index (χ0v) is 14.5. The molecule has 1 heterocycles. The largest absolute Gasteiger partial charge is 0.496 e. The maximum atomic E-state index is 5.39. The van der Waals surface area contributed by atoms with Gasteiger partial charge in [-0.15, -0.1) is 0 Å². The zero-order valence-electron chi connectivity index (χ0n) is 14.5. The van der Waals surface area contributed by atoms with Crippen LogP contribution in [0.2, 0.25) is 0 Å². The van der Waals surface area contributed by atoms with Gasteiger partial charge in [-0.2, -0.15) is 4.98 Å². The van der Waals surface area contributed by atoms with Crippen molar-refractivity contribution in [3.63, 3.8) is 0 Å². The van der Waals surface area contributed by atoms with Gasteiger partial charge in [0.1, 0.15) is 11.6 Å². The fourth-order valence-corrected chi connectivity index (χ4v) is 2.60. The quantitative estimate of drug-likeness (QED) is 0.678. The lowest BCUT2D eigenvalue weighted by Gasteiger charge is -2.11. The monoisotopic (exact) mass is 334 g/mol. The molecule has 3 rings (SSSR count). The first-order chi connectivity index (χ1) is 12.2. The highest BCUT2D eigenvalue weighted by molar-refractivity contribution is 5.55. The Morgan fingerprint density at radius 3 is 2.52 bits per heavy atom. The molecule has 0 amide bonds. The van der Waals surface area contributed by atoms with Gasteiger partial charge in [0.2, 0.25) is 5.95 Å². The van der Waals surface area contributed by atoms with Crippen LogP contribution in [-0.4, -0.2) is 23.6 Å². The van der Waals surface area contributed by atoms with Crippen molar-refractivity contribution in [3.8, 4) is 5.75 Å². The molecule has 25 heavy (non-hydrogen) atoms. The molecule has 2 N–H and O–H groups in total. The number of nitrogens with zero attached hydrogens (tertiary/aromatic N) is 2. The predicted molar refractivity (Wildman–Crippen MR) is 102 cm³/mol.